The van der Waals surface area contributed by atoms with Crippen LogP contribution in [0, 0.1) is 5.92 Å². The highest BCUT2D eigenvalue weighted by molar-refractivity contribution is 5.26. The standard InChI is InChI=1S/C15H22O2/c1-3-15(16,14-10-7-11-17-14)12(2)13-8-5-4-6-9-13/h7,10-11,13,16H,2-6,8-9H2,1H3. The highest BCUT2D eigenvalue weighted by atomic mass is 16.4. The zero-order chi connectivity index (χ0) is 12.3. The van der Waals surface area contributed by atoms with Crippen molar-refractivity contribution in [3.05, 3.63) is 36.3 Å². The van der Waals surface area contributed by atoms with Crippen molar-refractivity contribution < 1.29 is 9.52 Å². The van der Waals surface area contributed by atoms with Crippen LogP contribution in [0.15, 0.2) is 35.0 Å². The van der Waals surface area contributed by atoms with Crippen molar-refractivity contribution in [3.63, 3.8) is 0 Å². The lowest BCUT2D eigenvalue weighted by Gasteiger charge is -2.34. The van der Waals surface area contributed by atoms with Gasteiger partial charge in [-0.05, 0) is 42.9 Å². The summed E-state index contributed by atoms with van der Waals surface area (Å²) in [7, 11) is 0. The Hall–Kier alpha value is -1.02. The van der Waals surface area contributed by atoms with Crippen LogP contribution in [0.3, 0.4) is 0 Å². The van der Waals surface area contributed by atoms with Crippen LogP contribution in [-0.4, -0.2) is 5.11 Å². The van der Waals surface area contributed by atoms with E-state index in [0.29, 0.717) is 18.1 Å². The molecular formula is C15H22O2. The molecule has 1 aromatic rings. The van der Waals surface area contributed by atoms with Gasteiger partial charge in [0.15, 0.2) is 0 Å². The summed E-state index contributed by atoms with van der Waals surface area (Å²) in [6.07, 6.45) is 8.36. The lowest BCUT2D eigenvalue weighted by molar-refractivity contribution is 0.0354. The molecular weight excluding hydrogens is 212 g/mol. The average Bonchev–Trinajstić information content (AvgIpc) is 2.92. The Morgan fingerprint density at radius 2 is 2.18 bits per heavy atom. The van der Waals surface area contributed by atoms with Crippen molar-refractivity contribution >= 4 is 0 Å². The molecule has 0 bridgehead atoms. The van der Waals surface area contributed by atoms with Gasteiger partial charge in [-0.15, -0.1) is 0 Å². The minimum absolute atomic E-state index is 0.443. The second-order valence-corrected chi connectivity index (χ2v) is 5.05. The zero-order valence-corrected chi connectivity index (χ0v) is 10.6. The first-order valence-electron chi connectivity index (χ1n) is 6.64. The SMILES string of the molecule is C=C(C1CCCCC1)C(O)(CC)c1ccco1. The number of aliphatic hydroxyl groups is 1. The van der Waals surface area contributed by atoms with Crippen LogP contribution in [-0.2, 0) is 5.60 Å². The molecule has 1 saturated carbocycles. The van der Waals surface area contributed by atoms with E-state index >= 15 is 0 Å². The third kappa shape index (κ3) is 2.32. The maximum absolute atomic E-state index is 10.8. The largest absolute Gasteiger partial charge is 0.466 e. The fraction of sp³-hybridized carbons (Fsp3) is 0.600. The Bertz CT molecular complexity index is 360. The molecule has 17 heavy (non-hydrogen) atoms. The molecule has 0 saturated heterocycles. The summed E-state index contributed by atoms with van der Waals surface area (Å²) in [6.45, 7) is 6.15. The third-order valence-corrected chi connectivity index (χ3v) is 4.07. The summed E-state index contributed by atoms with van der Waals surface area (Å²) in [5, 5.41) is 10.8. The predicted molar refractivity (Wildman–Crippen MR) is 68.6 cm³/mol. The van der Waals surface area contributed by atoms with E-state index in [1.165, 1.54) is 19.3 Å². The lowest BCUT2D eigenvalue weighted by Crippen LogP contribution is -2.31. The zero-order valence-electron chi connectivity index (χ0n) is 10.6. The van der Waals surface area contributed by atoms with Crippen molar-refractivity contribution in [1.29, 1.82) is 0 Å². The molecule has 0 amide bonds. The lowest BCUT2D eigenvalue weighted by atomic mass is 9.75. The van der Waals surface area contributed by atoms with Gasteiger partial charge in [-0.2, -0.15) is 0 Å². The first kappa shape index (κ1) is 12.4. The molecule has 1 aromatic heterocycles. The quantitative estimate of drug-likeness (QED) is 0.798. The van der Waals surface area contributed by atoms with Crippen LogP contribution in [0.25, 0.3) is 0 Å². The van der Waals surface area contributed by atoms with E-state index in [-0.39, 0.29) is 0 Å². The van der Waals surface area contributed by atoms with E-state index in [2.05, 4.69) is 6.58 Å². The Morgan fingerprint density at radius 3 is 2.71 bits per heavy atom. The molecule has 1 aliphatic rings. The second-order valence-electron chi connectivity index (χ2n) is 5.05. The summed E-state index contributed by atoms with van der Waals surface area (Å²) in [5.74, 6) is 1.08. The van der Waals surface area contributed by atoms with Gasteiger partial charge >= 0.3 is 0 Å². The van der Waals surface area contributed by atoms with Crippen LogP contribution >= 0.6 is 0 Å². The molecule has 94 valence electrons. The molecule has 1 heterocycles. The molecule has 0 radical (unpaired) electrons. The van der Waals surface area contributed by atoms with Crippen LogP contribution in [0.1, 0.15) is 51.2 Å². The topological polar surface area (TPSA) is 33.4 Å². The second kappa shape index (κ2) is 5.09. The molecule has 0 aromatic carbocycles. The van der Waals surface area contributed by atoms with Crippen LogP contribution in [0.5, 0.6) is 0 Å². The molecule has 0 spiro atoms. The highest BCUT2D eigenvalue weighted by Gasteiger charge is 2.37. The van der Waals surface area contributed by atoms with E-state index < -0.39 is 5.60 Å². The summed E-state index contributed by atoms with van der Waals surface area (Å²) >= 11 is 0. The fourth-order valence-electron chi connectivity index (χ4n) is 2.86. The first-order valence-corrected chi connectivity index (χ1v) is 6.64. The van der Waals surface area contributed by atoms with Gasteiger partial charge in [-0.1, -0.05) is 32.8 Å². The van der Waals surface area contributed by atoms with Crippen LogP contribution in [0.2, 0.25) is 0 Å². The van der Waals surface area contributed by atoms with Crippen LogP contribution in [0.4, 0.5) is 0 Å². The van der Waals surface area contributed by atoms with Gasteiger partial charge in [0.05, 0.1) is 6.26 Å². The molecule has 1 aliphatic carbocycles. The number of hydrogen-bond acceptors (Lipinski definition) is 2. The van der Waals surface area contributed by atoms with E-state index in [1.54, 1.807) is 6.26 Å². The Balaban J connectivity index is 2.19. The van der Waals surface area contributed by atoms with Gasteiger partial charge in [-0.25, -0.2) is 0 Å². The van der Waals surface area contributed by atoms with Crippen molar-refractivity contribution in [2.24, 2.45) is 5.92 Å². The van der Waals surface area contributed by atoms with Crippen molar-refractivity contribution in [3.8, 4) is 0 Å². The Kier molecular flexibility index (Phi) is 3.72. The minimum Gasteiger partial charge on any atom is -0.466 e. The molecule has 2 rings (SSSR count). The average molecular weight is 234 g/mol. The number of furan rings is 1. The Morgan fingerprint density at radius 1 is 1.47 bits per heavy atom. The molecule has 0 aliphatic heterocycles. The van der Waals surface area contributed by atoms with Gasteiger partial charge in [0.2, 0.25) is 0 Å². The van der Waals surface area contributed by atoms with Crippen molar-refractivity contribution in [1.82, 2.24) is 0 Å². The first-order chi connectivity index (χ1) is 8.18. The maximum Gasteiger partial charge on any atom is 0.143 e. The number of hydrogen-bond donors (Lipinski definition) is 1. The molecule has 1 fully saturated rings. The van der Waals surface area contributed by atoms with Gasteiger partial charge in [0, 0.05) is 0 Å². The fourth-order valence-corrected chi connectivity index (χ4v) is 2.86. The predicted octanol–water partition coefficient (Wildman–Crippen LogP) is 4.01. The monoisotopic (exact) mass is 234 g/mol. The molecule has 2 nitrogen and oxygen atoms in total. The van der Waals surface area contributed by atoms with E-state index in [1.807, 2.05) is 19.1 Å². The minimum atomic E-state index is -0.981. The van der Waals surface area contributed by atoms with E-state index in [0.717, 1.165) is 18.4 Å². The molecule has 1 N–H and O–H groups in total. The number of rotatable bonds is 4. The molecule has 2 heteroatoms. The summed E-state index contributed by atoms with van der Waals surface area (Å²) in [4.78, 5) is 0. The van der Waals surface area contributed by atoms with Gasteiger partial charge in [-0.3, -0.25) is 0 Å². The third-order valence-electron chi connectivity index (χ3n) is 4.07. The smallest absolute Gasteiger partial charge is 0.143 e. The van der Waals surface area contributed by atoms with Crippen molar-refractivity contribution in [2.45, 2.75) is 51.0 Å². The Labute approximate surface area is 103 Å². The van der Waals surface area contributed by atoms with Crippen LogP contribution < -0.4 is 0 Å². The summed E-state index contributed by atoms with van der Waals surface area (Å²) < 4.78 is 5.39. The van der Waals surface area contributed by atoms with Crippen molar-refractivity contribution in [2.75, 3.05) is 0 Å². The summed E-state index contributed by atoms with van der Waals surface area (Å²) in [6, 6.07) is 3.67. The molecule has 1 unspecified atom stereocenters. The summed E-state index contributed by atoms with van der Waals surface area (Å²) in [5.41, 5.74) is -0.0412. The van der Waals surface area contributed by atoms with Gasteiger partial charge in [0.25, 0.3) is 0 Å². The van der Waals surface area contributed by atoms with E-state index in [4.69, 9.17) is 4.42 Å². The maximum atomic E-state index is 10.8. The highest BCUT2D eigenvalue weighted by Crippen LogP contribution is 2.41. The van der Waals surface area contributed by atoms with Gasteiger partial charge < -0.3 is 9.52 Å². The normalized spacial score (nSPS) is 21.1. The van der Waals surface area contributed by atoms with E-state index in [9.17, 15) is 5.11 Å². The van der Waals surface area contributed by atoms with Gasteiger partial charge in [0.1, 0.15) is 11.4 Å². The molecule has 1 atom stereocenters.